The number of hydrogen-bond acceptors (Lipinski definition) is 4. The van der Waals surface area contributed by atoms with Crippen molar-refractivity contribution in [2.75, 3.05) is 39.8 Å². The van der Waals surface area contributed by atoms with Gasteiger partial charge in [-0.1, -0.05) is 36.8 Å². The fraction of sp³-hybridized carbons (Fsp3) is 0.667. The minimum atomic E-state index is -0.587. The van der Waals surface area contributed by atoms with Crippen LogP contribution in [-0.2, 0) is 9.59 Å². The highest BCUT2D eigenvalue weighted by molar-refractivity contribution is 5.85. The number of amides is 2. The molecule has 2 atom stereocenters. The van der Waals surface area contributed by atoms with Crippen molar-refractivity contribution in [3.63, 3.8) is 0 Å². The largest absolute Gasteiger partial charge is 0.391 e. The summed E-state index contributed by atoms with van der Waals surface area (Å²) >= 11 is 0. The van der Waals surface area contributed by atoms with Crippen molar-refractivity contribution in [1.29, 1.82) is 0 Å². The predicted molar refractivity (Wildman–Crippen MR) is 116 cm³/mol. The minimum Gasteiger partial charge on any atom is -0.391 e. The molecule has 0 aliphatic carbocycles. The van der Waals surface area contributed by atoms with Crippen LogP contribution in [-0.4, -0.2) is 77.5 Å². The quantitative estimate of drug-likeness (QED) is 0.824. The molecule has 0 bridgehead atoms. The molecule has 3 fully saturated rings. The van der Waals surface area contributed by atoms with Gasteiger partial charge >= 0.3 is 0 Å². The van der Waals surface area contributed by atoms with Crippen LogP contribution in [0.2, 0.25) is 0 Å². The second kappa shape index (κ2) is 9.06. The lowest BCUT2D eigenvalue weighted by Crippen LogP contribution is -2.58. The van der Waals surface area contributed by atoms with Crippen molar-refractivity contribution in [2.45, 2.75) is 57.1 Å². The van der Waals surface area contributed by atoms with Crippen LogP contribution in [0.3, 0.4) is 0 Å². The second-order valence-corrected chi connectivity index (χ2v) is 9.36. The van der Waals surface area contributed by atoms with Gasteiger partial charge in [0.2, 0.25) is 11.8 Å². The summed E-state index contributed by atoms with van der Waals surface area (Å²) in [6.07, 6.45) is 5.53. The van der Waals surface area contributed by atoms with Crippen LogP contribution in [0.4, 0.5) is 0 Å². The smallest absolute Gasteiger partial charge is 0.229 e. The van der Waals surface area contributed by atoms with Crippen molar-refractivity contribution in [1.82, 2.24) is 14.7 Å². The number of hydrogen-bond donors (Lipinski definition) is 1. The molecule has 2 amide bonds. The highest BCUT2D eigenvalue weighted by Gasteiger charge is 2.51. The third-order valence-corrected chi connectivity index (χ3v) is 7.46. The molecule has 1 aromatic rings. The van der Waals surface area contributed by atoms with E-state index in [0.29, 0.717) is 38.8 Å². The molecular weight excluding hydrogens is 378 g/mol. The van der Waals surface area contributed by atoms with Crippen molar-refractivity contribution in [3.8, 4) is 0 Å². The zero-order valence-electron chi connectivity index (χ0n) is 18.1. The van der Waals surface area contributed by atoms with Crippen LogP contribution < -0.4 is 0 Å². The summed E-state index contributed by atoms with van der Waals surface area (Å²) in [7, 11) is 1.81. The first kappa shape index (κ1) is 21.3. The topological polar surface area (TPSA) is 64.1 Å². The number of likely N-dealkylation sites (N-methyl/N-ethyl adjacent to an activating group) is 1. The van der Waals surface area contributed by atoms with E-state index < -0.39 is 11.5 Å². The maximum Gasteiger partial charge on any atom is 0.229 e. The summed E-state index contributed by atoms with van der Waals surface area (Å²) in [5, 5.41) is 11.0. The lowest BCUT2D eigenvalue weighted by molar-refractivity contribution is -0.163. The van der Waals surface area contributed by atoms with Crippen LogP contribution in [0.5, 0.6) is 0 Å². The number of likely N-dealkylation sites (tertiary alicyclic amines) is 3. The van der Waals surface area contributed by atoms with Gasteiger partial charge in [-0.05, 0) is 50.8 Å². The number of aliphatic hydroxyl groups excluding tert-OH is 1. The molecule has 3 heterocycles. The Balaban J connectivity index is 1.34. The molecule has 1 N–H and O–H groups in total. The van der Waals surface area contributed by atoms with Gasteiger partial charge in [-0.3, -0.25) is 9.59 Å². The molecule has 1 spiro atoms. The molecule has 6 heteroatoms. The number of aliphatic hydroxyl groups is 1. The number of rotatable bonds is 4. The summed E-state index contributed by atoms with van der Waals surface area (Å²) < 4.78 is 0. The second-order valence-electron chi connectivity index (χ2n) is 9.36. The lowest BCUT2D eigenvalue weighted by Gasteiger charge is -2.50. The van der Waals surface area contributed by atoms with Gasteiger partial charge in [-0.2, -0.15) is 0 Å². The van der Waals surface area contributed by atoms with E-state index in [1.165, 1.54) is 19.3 Å². The minimum absolute atomic E-state index is 0.113. The highest BCUT2D eigenvalue weighted by Crippen LogP contribution is 2.46. The Kier molecular flexibility index (Phi) is 6.44. The standard InChI is InChI=1S/C24H35N3O3/c1-25-22(19-8-4-2-5-9-19)20(28)18-24(23(25)30)11-16-27(17-12-24)21(29)10-15-26-13-6-3-7-14-26/h2,4-5,8-9,20,22,28H,3,6-7,10-18H2,1H3/t20-,22+/m1/s1. The van der Waals surface area contributed by atoms with Crippen LogP contribution in [0, 0.1) is 5.41 Å². The summed E-state index contributed by atoms with van der Waals surface area (Å²) in [5.74, 6) is 0.316. The molecule has 3 aliphatic rings. The van der Waals surface area contributed by atoms with Crippen LogP contribution in [0.25, 0.3) is 0 Å². The third-order valence-electron chi connectivity index (χ3n) is 7.46. The first-order valence-corrected chi connectivity index (χ1v) is 11.5. The molecular formula is C24H35N3O3. The summed E-state index contributed by atoms with van der Waals surface area (Å²) in [5.41, 5.74) is 0.435. The number of nitrogens with zero attached hydrogens (tertiary/aromatic N) is 3. The molecule has 0 unspecified atom stereocenters. The average Bonchev–Trinajstić information content (AvgIpc) is 2.78. The van der Waals surface area contributed by atoms with Crippen molar-refractivity contribution in [3.05, 3.63) is 35.9 Å². The SMILES string of the molecule is CN1C(=O)C2(CCN(C(=O)CCN3CCCCC3)CC2)C[C@@H](O)[C@@H]1c1ccccc1. The van der Waals surface area contributed by atoms with E-state index in [4.69, 9.17) is 0 Å². The van der Waals surface area contributed by atoms with Gasteiger partial charge in [0.1, 0.15) is 0 Å². The molecule has 1 aromatic carbocycles. The van der Waals surface area contributed by atoms with Gasteiger partial charge in [0, 0.05) is 33.1 Å². The van der Waals surface area contributed by atoms with Crippen molar-refractivity contribution < 1.29 is 14.7 Å². The number of carbonyl (C=O) groups excluding carboxylic acids is 2. The van der Waals surface area contributed by atoms with E-state index in [1.807, 2.05) is 35.2 Å². The molecule has 3 saturated heterocycles. The molecule has 164 valence electrons. The highest BCUT2D eigenvalue weighted by atomic mass is 16.3. The maximum absolute atomic E-state index is 13.3. The number of benzene rings is 1. The zero-order chi connectivity index (χ0) is 21.1. The first-order chi connectivity index (χ1) is 14.5. The molecule has 0 radical (unpaired) electrons. The van der Waals surface area contributed by atoms with E-state index in [9.17, 15) is 14.7 Å². The Morgan fingerprint density at radius 3 is 2.40 bits per heavy atom. The van der Waals surface area contributed by atoms with E-state index in [2.05, 4.69) is 4.90 Å². The third kappa shape index (κ3) is 4.26. The molecule has 3 aliphatic heterocycles. The van der Waals surface area contributed by atoms with Crippen molar-refractivity contribution in [2.24, 2.45) is 5.41 Å². The first-order valence-electron chi connectivity index (χ1n) is 11.5. The molecule has 4 rings (SSSR count). The van der Waals surface area contributed by atoms with Crippen LogP contribution in [0.1, 0.15) is 56.6 Å². The molecule has 0 saturated carbocycles. The van der Waals surface area contributed by atoms with Gasteiger partial charge in [0.15, 0.2) is 0 Å². The van der Waals surface area contributed by atoms with Crippen LogP contribution in [0.15, 0.2) is 30.3 Å². The number of piperidine rings is 3. The van der Waals surface area contributed by atoms with Crippen LogP contribution >= 0.6 is 0 Å². The Morgan fingerprint density at radius 1 is 1.07 bits per heavy atom. The fourth-order valence-electron chi connectivity index (χ4n) is 5.65. The van der Waals surface area contributed by atoms with Gasteiger partial charge in [-0.15, -0.1) is 0 Å². The Hall–Kier alpha value is -1.92. The zero-order valence-corrected chi connectivity index (χ0v) is 18.1. The van der Waals surface area contributed by atoms with Gasteiger partial charge < -0.3 is 19.8 Å². The maximum atomic E-state index is 13.3. The summed E-state index contributed by atoms with van der Waals surface area (Å²) in [6.45, 7) is 4.29. The van der Waals surface area contributed by atoms with E-state index >= 15 is 0 Å². The molecule has 0 aromatic heterocycles. The monoisotopic (exact) mass is 413 g/mol. The summed E-state index contributed by atoms with van der Waals surface area (Å²) in [4.78, 5) is 32.1. The predicted octanol–water partition coefficient (Wildman–Crippen LogP) is 2.44. The van der Waals surface area contributed by atoms with Gasteiger partial charge in [0.05, 0.1) is 17.6 Å². The molecule has 30 heavy (non-hydrogen) atoms. The van der Waals surface area contributed by atoms with E-state index in [1.54, 1.807) is 11.9 Å². The molecule has 6 nitrogen and oxygen atoms in total. The Morgan fingerprint density at radius 2 is 1.73 bits per heavy atom. The summed E-state index contributed by atoms with van der Waals surface area (Å²) in [6, 6.07) is 9.48. The Bertz CT molecular complexity index is 739. The van der Waals surface area contributed by atoms with E-state index in [-0.39, 0.29) is 17.9 Å². The normalized spacial score (nSPS) is 27.5. The van der Waals surface area contributed by atoms with E-state index in [0.717, 1.165) is 25.2 Å². The van der Waals surface area contributed by atoms with Crippen molar-refractivity contribution >= 4 is 11.8 Å². The average molecular weight is 414 g/mol. The fourth-order valence-corrected chi connectivity index (χ4v) is 5.65. The Labute approximate surface area is 179 Å². The lowest BCUT2D eigenvalue weighted by atomic mass is 9.68. The van der Waals surface area contributed by atoms with Gasteiger partial charge in [-0.25, -0.2) is 0 Å². The van der Waals surface area contributed by atoms with Gasteiger partial charge in [0.25, 0.3) is 0 Å². The number of carbonyl (C=O) groups is 2.